The summed E-state index contributed by atoms with van der Waals surface area (Å²) in [5.41, 5.74) is 1.86. The SMILES string of the molecule is COc1cc(NC(C)C(=O)Nc2ccc(NC(C)=O)cc2)c(OC)cc1Cl. The first-order valence-corrected chi connectivity index (χ1v) is 8.58. The number of hydrogen-bond donors (Lipinski definition) is 3. The largest absolute Gasteiger partial charge is 0.495 e. The van der Waals surface area contributed by atoms with Crippen LogP contribution < -0.4 is 25.4 Å². The van der Waals surface area contributed by atoms with Crippen molar-refractivity contribution in [3.63, 3.8) is 0 Å². The molecule has 27 heavy (non-hydrogen) atoms. The van der Waals surface area contributed by atoms with Crippen LogP contribution in [0.25, 0.3) is 0 Å². The highest BCUT2D eigenvalue weighted by atomic mass is 35.5. The maximum absolute atomic E-state index is 12.5. The van der Waals surface area contributed by atoms with Crippen LogP contribution in [0.3, 0.4) is 0 Å². The highest BCUT2D eigenvalue weighted by molar-refractivity contribution is 6.32. The Balaban J connectivity index is 2.06. The summed E-state index contributed by atoms with van der Waals surface area (Å²) >= 11 is 6.09. The minimum atomic E-state index is -0.556. The number of halogens is 1. The van der Waals surface area contributed by atoms with E-state index in [4.69, 9.17) is 21.1 Å². The van der Waals surface area contributed by atoms with Crippen LogP contribution in [0, 0.1) is 0 Å². The van der Waals surface area contributed by atoms with Gasteiger partial charge < -0.3 is 25.4 Å². The van der Waals surface area contributed by atoms with Crippen LogP contribution in [0.5, 0.6) is 11.5 Å². The predicted octanol–water partition coefficient (Wildman–Crippen LogP) is 3.75. The van der Waals surface area contributed by atoms with Gasteiger partial charge in [-0.1, -0.05) is 11.6 Å². The van der Waals surface area contributed by atoms with Crippen LogP contribution in [0.4, 0.5) is 17.1 Å². The first-order valence-electron chi connectivity index (χ1n) is 8.20. The number of amides is 2. The van der Waals surface area contributed by atoms with Crippen LogP contribution in [0.2, 0.25) is 5.02 Å². The van der Waals surface area contributed by atoms with Gasteiger partial charge in [0.2, 0.25) is 11.8 Å². The molecule has 0 saturated carbocycles. The lowest BCUT2D eigenvalue weighted by Gasteiger charge is -2.18. The van der Waals surface area contributed by atoms with Crippen molar-refractivity contribution >= 4 is 40.5 Å². The lowest BCUT2D eigenvalue weighted by atomic mass is 10.2. The highest BCUT2D eigenvalue weighted by Crippen LogP contribution is 2.36. The Morgan fingerprint density at radius 2 is 1.52 bits per heavy atom. The van der Waals surface area contributed by atoms with E-state index < -0.39 is 6.04 Å². The molecule has 0 aliphatic rings. The normalized spacial score (nSPS) is 11.3. The fourth-order valence-corrected chi connectivity index (χ4v) is 2.59. The molecule has 2 aromatic carbocycles. The Morgan fingerprint density at radius 1 is 0.963 bits per heavy atom. The molecular formula is C19H22ClN3O4. The molecule has 0 aliphatic heterocycles. The predicted molar refractivity (Wildman–Crippen MR) is 107 cm³/mol. The minimum absolute atomic E-state index is 0.156. The molecule has 3 N–H and O–H groups in total. The second-order valence-electron chi connectivity index (χ2n) is 5.80. The van der Waals surface area contributed by atoms with Gasteiger partial charge in [0.25, 0.3) is 0 Å². The van der Waals surface area contributed by atoms with Gasteiger partial charge in [-0.05, 0) is 31.2 Å². The van der Waals surface area contributed by atoms with E-state index in [-0.39, 0.29) is 11.8 Å². The van der Waals surface area contributed by atoms with Gasteiger partial charge >= 0.3 is 0 Å². The monoisotopic (exact) mass is 391 g/mol. The van der Waals surface area contributed by atoms with E-state index in [0.29, 0.717) is 33.6 Å². The molecule has 144 valence electrons. The number of anilines is 3. The van der Waals surface area contributed by atoms with E-state index in [1.54, 1.807) is 43.3 Å². The van der Waals surface area contributed by atoms with Crippen molar-refractivity contribution in [2.75, 3.05) is 30.2 Å². The molecule has 0 bridgehead atoms. The summed E-state index contributed by atoms with van der Waals surface area (Å²) in [7, 11) is 3.03. The summed E-state index contributed by atoms with van der Waals surface area (Å²) in [6.45, 7) is 3.16. The zero-order valence-electron chi connectivity index (χ0n) is 15.6. The zero-order chi connectivity index (χ0) is 20.0. The molecule has 0 heterocycles. The van der Waals surface area contributed by atoms with Gasteiger partial charge in [-0.2, -0.15) is 0 Å². The van der Waals surface area contributed by atoms with Crippen LogP contribution in [0.15, 0.2) is 36.4 Å². The summed E-state index contributed by atoms with van der Waals surface area (Å²) < 4.78 is 10.5. The fourth-order valence-electron chi connectivity index (χ4n) is 2.36. The van der Waals surface area contributed by atoms with E-state index in [1.165, 1.54) is 21.1 Å². The van der Waals surface area contributed by atoms with Crippen LogP contribution >= 0.6 is 11.6 Å². The summed E-state index contributed by atoms with van der Waals surface area (Å²) in [6.07, 6.45) is 0. The van der Waals surface area contributed by atoms with E-state index in [9.17, 15) is 9.59 Å². The van der Waals surface area contributed by atoms with Crippen LogP contribution in [0.1, 0.15) is 13.8 Å². The molecule has 0 spiro atoms. The second-order valence-corrected chi connectivity index (χ2v) is 6.21. The maximum Gasteiger partial charge on any atom is 0.246 e. The smallest absolute Gasteiger partial charge is 0.246 e. The third kappa shape index (κ3) is 5.52. The molecule has 2 aromatic rings. The second kappa shape index (κ2) is 9.14. The third-order valence-electron chi connectivity index (χ3n) is 3.71. The Labute approximate surface area is 163 Å². The summed E-state index contributed by atoms with van der Waals surface area (Å²) in [5, 5.41) is 8.98. The van der Waals surface area contributed by atoms with Crippen molar-refractivity contribution < 1.29 is 19.1 Å². The van der Waals surface area contributed by atoms with Gasteiger partial charge in [0.1, 0.15) is 17.5 Å². The molecule has 0 saturated heterocycles. The lowest BCUT2D eigenvalue weighted by molar-refractivity contribution is -0.116. The summed E-state index contributed by atoms with van der Waals surface area (Å²) in [4.78, 5) is 23.5. The Hall–Kier alpha value is -2.93. The van der Waals surface area contributed by atoms with E-state index in [0.717, 1.165) is 0 Å². The lowest BCUT2D eigenvalue weighted by Crippen LogP contribution is -2.32. The molecule has 0 aliphatic carbocycles. The minimum Gasteiger partial charge on any atom is -0.495 e. The van der Waals surface area contributed by atoms with Crippen molar-refractivity contribution in [1.29, 1.82) is 0 Å². The number of hydrogen-bond acceptors (Lipinski definition) is 5. The topological polar surface area (TPSA) is 88.7 Å². The standard InChI is InChI=1S/C19H22ClN3O4/c1-11(21-16-10-17(26-3)15(20)9-18(16)27-4)19(25)23-14-7-5-13(6-8-14)22-12(2)24/h5-11,21H,1-4H3,(H,22,24)(H,23,25). The van der Waals surface area contributed by atoms with Crippen LogP contribution in [-0.2, 0) is 9.59 Å². The van der Waals surface area contributed by atoms with E-state index in [1.807, 2.05) is 0 Å². The maximum atomic E-state index is 12.5. The van der Waals surface area contributed by atoms with Gasteiger partial charge in [-0.15, -0.1) is 0 Å². The van der Waals surface area contributed by atoms with E-state index in [2.05, 4.69) is 16.0 Å². The number of rotatable bonds is 7. The molecule has 7 nitrogen and oxygen atoms in total. The summed E-state index contributed by atoms with van der Waals surface area (Å²) in [5.74, 6) is 0.580. The highest BCUT2D eigenvalue weighted by Gasteiger charge is 2.17. The molecule has 0 radical (unpaired) electrons. The number of benzene rings is 2. The molecule has 2 rings (SSSR count). The van der Waals surface area contributed by atoms with E-state index >= 15 is 0 Å². The molecule has 0 aromatic heterocycles. The van der Waals surface area contributed by atoms with Crippen LogP contribution in [-0.4, -0.2) is 32.1 Å². The third-order valence-corrected chi connectivity index (χ3v) is 4.01. The van der Waals surface area contributed by atoms with Gasteiger partial charge in [0.05, 0.1) is 24.9 Å². The Morgan fingerprint density at radius 3 is 2.04 bits per heavy atom. The molecule has 1 atom stereocenters. The quantitative estimate of drug-likeness (QED) is 0.668. The molecule has 2 amide bonds. The zero-order valence-corrected chi connectivity index (χ0v) is 16.3. The summed E-state index contributed by atoms with van der Waals surface area (Å²) in [6, 6.07) is 9.58. The number of ether oxygens (including phenoxy) is 2. The fraction of sp³-hybridized carbons (Fsp3) is 0.263. The van der Waals surface area contributed by atoms with Gasteiger partial charge in [-0.3, -0.25) is 9.59 Å². The first kappa shape index (κ1) is 20.4. The average Bonchev–Trinajstić information content (AvgIpc) is 2.63. The first-order chi connectivity index (χ1) is 12.8. The van der Waals surface area contributed by atoms with Crippen molar-refractivity contribution in [2.45, 2.75) is 19.9 Å². The molecule has 8 heteroatoms. The van der Waals surface area contributed by atoms with Crippen molar-refractivity contribution in [2.24, 2.45) is 0 Å². The van der Waals surface area contributed by atoms with Gasteiger partial charge in [0, 0.05) is 30.4 Å². The number of carbonyl (C=O) groups is 2. The Bertz CT molecular complexity index is 824. The average molecular weight is 392 g/mol. The van der Waals surface area contributed by atoms with Crippen molar-refractivity contribution in [1.82, 2.24) is 0 Å². The number of methoxy groups -OCH3 is 2. The molecule has 1 unspecified atom stereocenters. The Kier molecular flexibility index (Phi) is 6.90. The molecular weight excluding hydrogens is 370 g/mol. The number of nitrogens with one attached hydrogen (secondary N) is 3. The van der Waals surface area contributed by atoms with Crippen molar-refractivity contribution in [3.05, 3.63) is 41.4 Å². The molecule has 0 fully saturated rings. The van der Waals surface area contributed by atoms with Gasteiger partial charge in [-0.25, -0.2) is 0 Å². The van der Waals surface area contributed by atoms with Crippen molar-refractivity contribution in [3.8, 4) is 11.5 Å². The van der Waals surface area contributed by atoms with Gasteiger partial charge in [0.15, 0.2) is 0 Å². The number of carbonyl (C=O) groups excluding carboxylic acids is 2.